The third-order valence-corrected chi connectivity index (χ3v) is 6.88. The van der Waals surface area contributed by atoms with Crippen LogP contribution in [0.5, 0.6) is 0 Å². The van der Waals surface area contributed by atoms with Gasteiger partial charge >= 0.3 is 0 Å². The summed E-state index contributed by atoms with van der Waals surface area (Å²) >= 11 is 0. The smallest absolute Gasteiger partial charge is 0.230 e. The van der Waals surface area contributed by atoms with Gasteiger partial charge in [-0.3, -0.25) is 9.69 Å². The van der Waals surface area contributed by atoms with E-state index in [1.807, 2.05) is 12.1 Å². The van der Waals surface area contributed by atoms with Crippen LogP contribution in [0.1, 0.15) is 48.6 Å². The molecule has 1 aliphatic heterocycles. The van der Waals surface area contributed by atoms with E-state index in [-0.39, 0.29) is 17.9 Å². The first-order valence-electron chi connectivity index (χ1n) is 11.9. The van der Waals surface area contributed by atoms with E-state index in [1.165, 1.54) is 31.0 Å². The van der Waals surface area contributed by atoms with E-state index in [4.69, 9.17) is 4.52 Å². The molecule has 2 fully saturated rings. The predicted molar refractivity (Wildman–Crippen MR) is 123 cm³/mol. The van der Waals surface area contributed by atoms with Crippen LogP contribution in [0.3, 0.4) is 0 Å². The number of halogens is 2. The van der Waals surface area contributed by atoms with Gasteiger partial charge in [0, 0.05) is 49.8 Å². The highest BCUT2D eigenvalue weighted by Gasteiger charge is 2.24. The van der Waals surface area contributed by atoms with Gasteiger partial charge in [0.1, 0.15) is 11.6 Å². The molecule has 2 aliphatic rings. The van der Waals surface area contributed by atoms with Crippen molar-refractivity contribution in [3.05, 3.63) is 71.1 Å². The minimum Gasteiger partial charge on any atom is -0.340 e. The highest BCUT2D eigenvalue weighted by molar-refractivity contribution is 5.79. The fraction of sp³-hybridized carbons (Fsp3) is 0.423. The molecule has 0 radical (unpaired) electrons. The lowest BCUT2D eigenvalue weighted by molar-refractivity contribution is -0.132. The molecule has 1 saturated carbocycles. The summed E-state index contributed by atoms with van der Waals surface area (Å²) in [6.07, 6.45) is 4.45. The molecule has 0 spiro atoms. The van der Waals surface area contributed by atoms with Crippen LogP contribution in [0.4, 0.5) is 8.78 Å². The molecule has 0 bridgehead atoms. The van der Waals surface area contributed by atoms with E-state index in [0.29, 0.717) is 37.9 Å². The monoisotopic (exact) mass is 466 g/mol. The number of amides is 1. The van der Waals surface area contributed by atoms with Crippen molar-refractivity contribution in [3.63, 3.8) is 0 Å². The summed E-state index contributed by atoms with van der Waals surface area (Å²) in [7, 11) is 0. The number of hydrogen-bond acceptors (Lipinski definition) is 5. The van der Waals surface area contributed by atoms with E-state index < -0.39 is 11.6 Å². The van der Waals surface area contributed by atoms with Crippen molar-refractivity contribution < 1.29 is 18.1 Å². The molecule has 1 amide bonds. The van der Waals surface area contributed by atoms with Gasteiger partial charge in [-0.15, -0.1) is 0 Å². The summed E-state index contributed by atoms with van der Waals surface area (Å²) < 4.78 is 33.2. The summed E-state index contributed by atoms with van der Waals surface area (Å²) in [6, 6.07) is 11.8. The second kappa shape index (κ2) is 10.0. The summed E-state index contributed by atoms with van der Waals surface area (Å²) in [5, 5.41) is 4.16. The van der Waals surface area contributed by atoms with Crippen LogP contribution in [0.15, 0.2) is 47.0 Å². The molecule has 178 valence electrons. The zero-order valence-corrected chi connectivity index (χ0v) is 19.1. The Morgan fingerprint density at radius 1 is 0.971 bits per heavy atom. The number of piperazine rings is 1. The number of hydrogen-bond donors (Lipinski definition) is 0. The first kappa shape index (κ1) is 22.7. The molecule has 0 N–H and O–H groups in total. The minimum absolute atomic E-state index is 0.160. The highest BCUT2D eigenvalue weighted by atomic mass is 19.1. The standard InChI is InChI=1S/C26H28F2N4O2/c27-22-6-3-7-23(28)21(22)16-24(33)32-14-12-31(13-15-32)17-18-8-10-19(11-9-18)25-29-26(34-30-25)20-4-1-2-5-20/h3,6-11,20H,1-2,4-5,12-17H2. The zero-order chi connectivity index (χ0) is 23.5. The van der Waals surface area contributed by atoms with Crippen LogP contribution >= 0.6 is 0 Å². The summed E-state index contributed by atoms with van der Waals surface area (Å²) in [5.74, 6) is 0.188. The average Bonchev–Trinajstić information content (AvgIpc) is 3.55. The molecule has 34 heavy (non-hydrogen) atoms. The summed E-state index contributed by atoms with van der Waals surface area (Å²) in [5.41, 5.74) is 1.94. The van der Waals surface area contributed by atoms with Crippen molar-refractivity contribution in [2.45, 2.75) is 44.6 Å². The fourth-order valence-corrected chi connectivity index (χ4v) is 4.83. The molecule has 0 unspecified atom stereocenters. The van der Waals surface area contributed by atoms with Gasteiger partial charge in [0.2, 0.25) is 17.6 Å². The van der Waals surface area contributed by atoms with Gasteiger partial charge < -0.3 is 9.42 Å². The normalized spacial score (nSPS) is 17.4. The van der Waals surface area contributed by atoms with Gasteiger partial charge in [0.15, 0.2) is 0 Å². The van der Waals surface area contributed by atoms with Crippen molar-refractivity contribution in [1.82, 2.24) is 19.9 Å². The maximum absolute atomic E-state index is 13.9. The molecule has 6 nitrogen and oxygen atoms in total. The number of nitrogens with zero attached hydrogens (tertiary/aromatic N) is 4. The zero-order valence-electron chi connectivity index (χ0n) is 19.1. The van der Waals surface area contributed by atoms with Gasteiger partial charge in [-0.25, -0.2) is 8.78 Å². The Labute approximate surface area is 197 Å². The second-order valence-corrected chi connectivity index (χ2v) is 9.17. The molecular formula is C26H28F2N4O2. The molecule has 8 heteroatoms. The average molecular weight is 467 g/mol. The van der Waals surface area contributed by atoms with Gasteiger partial charge in [-0.05, 0) is 30.5 Å². The van der Waals surface area contributed by atoms with Crippen molar-refractivity contribution >= 4 is 5.91 Å². The molecule has 0 atom stereocenters. The maximum Gasteiger partial charge on any atom is 0.230 e. The molecule has 1 saturated heterocycles. The lowest BCUT2D eigenvalue weighted by Gasteiger charge is -2.35. The molecule has 2 heterocycles. The second-order valence-electron chi connectivity index (χ2n) is 9.17. The Morgan fingerprint density at radius 2 is 1.65 bits per heavy atom. The lowest BCUT2D eigenvalue weighted by atomic mass is 10.1. The third kappa shape index (κ3) is 5.01. The Hall–Kier alpha value is -3.13. The molecular weight excluding hydrogens is 438 g/mol. The minimum atomic E-state index is -0.675. The largest absolute Gasteiger partial charge is 0.340 e. The molecule has 1 aromatic heterocycles. The van der Waals surface area contributed by atoms with Crippen LogP contribution < -0.4 is 0 Å². The van der Waals surface area contributed by atoms with Crippen LogP contribution in [-0.2, 0) is 17.8 Å². The lowest BCUT2D eigenvalue weighted by Crippen LogP contribution is -2.48. The SMILES string of the molecule is O=C(Cc1c(F)cccc1F)N1CCN(Cc2ccc(-c3noc(C4CCCC4)n3)cc2)CC1. The Kier molecular flexibility index (Phi) is 6.67. The van der Waals surface area contributed by atoms with Crippen LogP contribution in [-0.4, -0.2) is 52.0 Å². The Bertz CT molecular complexity index is 1110. The van der Waals surface area contributed by atoms with Gasteiger partial charge in [-0.1, -0.05) is 48.3 Å². The number of aromatic nitrogens is 2. The van der Waals surface area contributed by atoms with E-state index in [9.17, 15) is 13.6 Å². The van der Waals surface area contributed by atoms with E-state index in [2.05, 4.69) is 27.2 Å². The molecule has 1 aliphatic carbocycles. The van der Waals surface area contributed by atoms with Crippen LogP contribution in [0.25, 0.3) is 11.4 Å². The van der Waals surface area contributed by atoms with Crippen molar-refractivity contribution in [2.75, 3.05) is 26.2 Å². The summed E-state index contributed by atoms with van der Waals surface area (Å²) in [4.78, 5) is 21.1. The quantitative estimate of drug-likeness (QED) is 0.533. The van der Waals surface area contributed by atoms with Crippen molar-refractivity contribution in [1.29, 1.82) is 0 Å². The molecule has 3 aromatic rings. The predicted octanol–water partition coefficient (Wildman–Crippen LogP) is 4.56. The molecule has 5 rings (SSSR count). The van der Waals surface area contributed by atoms with Gasteiger partial charge in [0.05, 0.1) is 6.42 Å². The van der Waals surface area contributed by atoms with Crippen molar-refractivity contribution in [2.24, 2.45) is 0 Å². The van der Waals surface area contributed by atoms with E-state index in [0.717, 1.165) is 36.4 Å². The van der Waals surface area contributed by atoms with Crippen molar-refractivity contribution in [3.8, 4) is 11.4 Å². The third-order valence-electron chi connectivity index (χ3n) is 6.88. The number of rotatable bonds is 6. The Balaban J connectivity index is 1.13. The van der Waals surface area contributed by atoms with E-state index in [1.54, 1.807) is 4.90 Å². The highest BCUT2D eigenvalue weighted by Crippen LogP contribution is 2.33. The fourth-order valence-electron chi connectivity index (χ4n) is 4.83. The number of carbonyl (C=O) groups excluding carboxylic acids is 1. The Morgan fingerprint density at radius 3 is 2.32 bits per heavy atom. The first-order valence-corrected chi connectivity index (χ1v) is 11.9. The summed E-state index contributed by atoms with van der Waals surface area (Å²) in [6.45, 7) is 3.27. The van der Waals surface area contributed by atoms with Crippen LogP contribution in [0.2, 0.25) is 0 Å². The maximum atomic E-state index is 13.9. The van der Waals surface area contributed by atoms with E-state index >= 15 is 0 Å². The van der Waals surface area contributed by atoms with Gasteiger partial charge in [-0.2, -0.15) is 4.98 Å². The number of benzene rings is 2. The molecule has 2 aromatic carbocycles. The van der Waals surface area contributed by atoms with Crippen LogP contribution in [0, 0.1) is 11.6 Å². The number of carbonyl (C=O) groups is 1. The first-order chi connectivity index (χ1) is 16.6. The van der Waals surface area contributed by atoms with Gasteiger partial charge in [0.25, 0.3) is 0 Å². The topological polar surface area (TPSA) is 62.5 Å².